The summed E-state index contributed by atoms with van der Waals surface area (Å²) in [5.74, 6) is 1.31. The Morgan fingerprint density at radius 1 is 1.33 bits per heavy atom. The van der Waals surface area contributed by atoms with Gasteiger partial charge in [0.1, 0.15) is 17.9 Å². The fourth-order valence-corrected chi connectivity index (χ4v) is 1.36. The first kappa shape index (κ1) is 12.1. The average molecular weight is 246 g/mol. The summed E-state index contributed by atoms with van der Waals surface area (Å²) >= 11 is 0. The van der Waals surface area contributed by atoms with Crippen molar-refractivity contribution >= 4 is 5.91 Å². The highest BCUT2D eigenvalue weighted by atomic mass is 16.5. The van der Waals surface area contributed by atoms with Gasteiger partial charge in [-0.1, -0.05) is 18.2 Å². The molecule has 2 rings (SSSR count). The second-order valence-corrected chi connectivity index (χ2v) is 3.62. The molecule has 0 aliphatic heterocycles. The molecule has 0 bridgehead atoms. The van der Waals surface area contributed by atoms with Gasteiger partial charge in [-0.25, -0.2) is 4.98 Å². The molecule has 0 aliphatic carbocycles. The van der Waals surface area contributed by atoms with Gasteiger partial charge in [-0.2, -0.15) is 5.10 Å². The lowest BCUT2D eigenvalue weighted by Gasteiger charge is -2.06. The average Bonchev–Trinajstić information content (AvgIpc) is 2.91. The van der Waals surface area contributed by atoms with Crippen molar-refractivity contribution in [2.75, 3.05) is 6.61 Å². The lowest BCUT2D eigenvalue weighted by Crippen LogP contribution is -2.24. The van der Waals surface area contributed by atoms with Crippen molar-refractivity contribution in [2.45, 2.75) is 13.0 Å². The molecule has 1 amide bonds. The molecule has 0 aliphatic rings. The summed E-state index contributed by atoms with van der Waals surface area (Å²) < 4.78 is 5.42. The summed E-state index contributed by atoms with van der Waals surface area (Å²) in [5, 5.41) is 9.08. The molecular formula is C12H14N4O2. The Morgan fingerprint density at radius 2 is 2.17 bits per heavy atom. The highest BCUT2D eigenvalue weighted by molar-refractivity contribution is 5.75. The predicted molar refractivity (Wildman–Crippen MR) is 64.8 cm³/mol. The van der Waals surface area contributed by atoms with Crippen molar-refractivity contribution in [3.05, 3.63) is 42.5 Å². The summed E-state index contributed by atoms with van der Waals surface area (Å²) in [7, 11) is 0. The fourth-order valence-electron chi connectivity index (χ4n) is 1.36. The number of aromatic nitrogens is 3. The van der Waals surface area contributed by atoms with Gasteiger partial charge >= 0.3 is 0 Å². The number of H-pyrrole nitrogens is 1. The number of hydrogen-bond acceptors (Lipinski definition) is 4. The number of nitrogens with one attached hydrogen (secondary N) is 2. The second-order valence-electron chi connectivity index (χ2n) is 3.62. The van der Waals surface area contributed by atoms with Gasteiger partial charge in [0.2, 0.25) is 5.91 Å². The monoisotopic (exact) mass is 246 g/mol. The van der Waals surface area contributed by atoms with Crippen molar-refractivity contribution in [3.63, 3.8) is 0 Å². The molecule has 1 aromatic carbocycles. The number of carbonyl (C=O) groups excluding carboxylic acids is 1. The first-order valence-corrected chi connectivity index (χ1v) is 5.63. The number of hydrogen-bond donors (Lipinski definition) is 2. The Morgan fingerprint density at radius 3 is 2.89 bits per heavy atom. The molecule has 94 valence electrons. The van der Waals surface area contributed by atoms with Crippen LogP contribution >= 0.6 is 0 Å². The Kier molecular flexibility index (Phi) is 4.29. The Labute approximate surface area is 104 Å². The Bertz CT molecular complexity index is 470. The molecule has 0 saturated heterocycles. The summed E-state index contributed by atoms with van der Waals surface area (Å²) in [4.78, 5) is 15.4. The lowest BCUT2D eigenvalue weighted by molar-refractivity contribution is -0.121. The molecule has 2 aromatic rings. The number of nitrogens with zero attached hydrogens (tertiary/aromatic N) is 2. The number of amides is 1. The van der Waals surface area contributed by atoms with Crippen molar-refractivity contribution in [2.24, 2.45) is 0 Å². The number of para-hydroxylation sites is 1. The zero-order valence-electron chi connectivity index (χ0n) is 9.80. The smallest absolute Gasteiger partial charge is 0.223 e. The number of rotatable bonds is 6. The van der Waals surface area contributed by atoms with Crippen LogP contribution in [0, 0.1) is 0 Å². The molecule has 1 aromatic heterocycles. The summed E-state index contributed by atoms with van der Waals surface area (Å²) in [6, 6.07) is 9.40. The van der Waals surface area contributed by atoms with Gasteiger partial charge in [0.15, 0.2) is 0 Å². The van der Waals surface area contributed by atoms with E-state index in [-0.39, 0.29) is 5.91 Å². The second kappa shape index (κ2) is 6.39. The van der Waals surface area contributed by atoms with E-state index in [0.29, 0.717) is 25.4 Å². The Hall–Kier alpha value is -2.37. The molecule has 0 saturated carbocycles. The maximum atomic E-state index is 11.5. The molecule has 0 atom stereocenters. The molecule has 0 fully saturated rings. The van der Waals surface area contributed by atoms with Gasteiger partial charge < -0.3 is 10.1 Å². The van der Waals surface area contributed by atoms with Gasteiger partial charge in [-0.15, -0.1) is 0 Å². The van der Waals surface area contributed by atoms with Crippen molar-refractivity contribution in [3.8, 4) is 5.75 Å². The van der Waals surface area contributed by atoms with E-state index in [4.69, 9.17) is 4.74 Å². The predicted octanol–water partition coefficient (Wildman–Crippen LogP) is 0.890. The molecule has 6 nitrogen and oxygen atoms in total. The van der Waals surface area contributed by atoms with Crippen molar-refractivity contribution in [1.82, 2.24) is 20.5 Å². The zero-order valence-corrected chi connectivity index (χ0v) is 9.80. The maximum absolute atomic E-state index is 11.5. The van der Waals surface area contributed by atoms with Gasteiger partial charge in [0, 0.05) is 0 Å². The van der Waals surface area contributed by atoms with Crippen LogP contribution < -0.4 is 10.1 Å². The van der Waals surface area contributed by atoms with Crippen molar-refractivity contribution < 1.29 is 9.53 Å². The van der Waals surface area contributed by atoms with Crippen LogP contribution in [0.3, 0.4) is 0 Å². The zero-order chi connectivity index (χ0) is 12.6. The van der Waals surface area contributed by atoms with E-state index in [1.54, 1.807) is 0 Å². The lowest BCUT2D eigenvalue weighted by atomic mass is 10.3. The summed E-state index contributed by atoms with van der Waals surface area (Å²) in [6.07, 6.45) is 1.71. The largest absolute Gasteiger partial charge is 0.493 e. The number of carbonyl (C=O) groups is 1. The van der Waals surface area contributed by atoms with Crippen molar-refractivity contribution in [1.29, 1.82) is 0 Å². The summed E-state index contributed by atoms with van der Waals surface area (Å²) in [5.41, 5.74) is 0. The minimum atomic E-state index is -0.0812. The molecule has 18 heavy (non-hydrogen) atoms. The van der Waals surface area contributed by atoms with Crippen LogP contribution in [0.5, 0.6) is 5.75 Å². The van der Waals surface area contributed by atoms with Crippen LogP contribution in [-0.4, -0.2) is 27.7 Å². The first-order chi connectivity index (χ1) is 8.84. The number of benzene rings is 1. The van der Waals surface area contributed by atoms with E-state index >= 15 is 0 Å². The maximum Gasteiger partial charge on any atom is 0.223 e. The molecule has 2 N–H and O–H groups in total. The highest BCUT2D eigenvalue weighted by Gasteiger charge is 2.03. The third-order valence-electron chi connectivity index (χ3n) is 2.26. The molecule has 1 heterocycles. The van der Waals surface area contributed by atoms with Crippen LogP contribution in [0.15, 0.2) is 36.7 Å². The highest BCUT2D eigenvalue weighted by Crippen LogP contribution is 2.08. The van der Waals surface area contributed by atoms with E-state index in [9.17, 15) is 4.79 Å². The van der Waals surface area contributed by atoms with Crippen LogP contribution in [0.1, 0.15) is 12.2 Å². The number of aromatic amines is 1. The van der Waals surface area contributed by atoms with Gasteiger partial charge in [0.05, 0.1) is 19.6 Å². The minimum absolute atomic E-state index is 0.0812. The fraction of sp³-hybridized carbons (Fsp3) is 0.250. The van der Waals surface area contributed by atoms with Crippen LogP contribution in [0.25, 0.3) is 0 Å². The summed E-state index contributed by atoms with van der Waals surface area (Å²) in [6.45, 7) is 0.705. The standard InChI is InChI=1S/C12H14N4O2/c17-12(13-8-11-14-9-15-16-11)6-7-18-10-4-2-1-3-5-10/h1-5,9H,6-8H2,(H,13,17)(H,14,15,16). The third-order valence-corrected chi connectivity index (χ3v) is 2.26. The number of ether oxygens (including phenoxy) is 1. The normalized spacial score (nSPS) is 10.0. The minimum Gasteiger partial charge on any atom is -0.493 e. The van der Waals surface area contributed by atoms with Gasteiger partial charge in [-0.3, -0.25) is 9.89 Å². The molecule has 0 spiro atoms. The van der Waals surface area contributed by atoms with Crippen LogP contribution in [0.2, 0.25) is 0 Å². The molecule has 0 unspecified atom stereocenters. The van der Waals surface area contributed by atoms with E-state index in [1.165, 1.54) is 6.33 Å². The van der Waals surface area contributed by atoms with E-state index in [2.05, 4.69) is 20.5 Å². The van der Waals surface area contributed by atoms with E-state index in [0.717, 1.165) is 5.75 Å². The molecular weight excluding hydrogens is 232 g/mol. The van der Waals surface area contributed by atoms with Crippen LogP contribution in [0.4, 0.5) is 0 Å². The quantitative estimate of drug-likeness (QED) is 0.793. The third kappa shape index (κ3) is 3.89. The topological polar surface area (TPSA) is 79.9 Å². The molecule has 6 heteroatoms. The SMILES string of the molecule is O=C(CCOc1ccccc1)NCc1ncn[nH]1. The van der Waals surface area contributed by atoms with Gasteiger partial charge in [0.25, 0.3) is 0 Å². The van der Waals surface area contributed by atoms with E-state index < -0.39 is 0 Å². The Balaban J connectivity index is 1.63. The van der Waals surface area contributed by atoms with E-state index in [1.807, 2.05) is 30.3 Å². The first-order valence-electron chi connectivity index (χ1n) is 5.63. The van der Waals surface area contributed by atoms with Crippen LogP contribution in [-0.2, 0) is 11.3 Å². The van der Waals surface area contributed by atoms with Gasteiger partial charge in [-0.05, 0) is 12.1 Å². The molecule has 0 radical (unpaired) electrons.